The Morgan fingerprint density at radius 1 is 0.842 bits per heavy atom. The zero-order valence-corrected chi connectivity index (χ0v) is 11.6. The number of hydrogen-bond acceptors (Lipinski definition) is 4. The molecule has 1 aromatic rings. The quantitative estimate of drug-likeness (QED) is 0.489. The first-order valence-corrected chi connectivity index (χ1v) is 7.12. The topological polar surface area (TPSA) is 85.7 Å². The smallest absolute Gasteiger partial charge is 0.239 e. The van der Waals surface area contributed by atoms with Crippen molar-refractivity contribution in [2.75, 3.05) is 6.61 Å². The summed E-state index contributed by atoms with van der Waals surface area (Å²) in [6, 6.07) is 0. The average Bonchev–Trinajstić information content (AvgIpc) is 2.63. The van der Waals surface area contributed by atoms with Crippen LogP contribution in [0.3, 0.4) is 0 Å². The molecule has 0 unspecified atom stereocenters. The minimum Gasteiger partial charge on any atom is -0.500 e. The third-order valence-electron chi connectivity index (χ3n) is 3.14. The molecule has 5 heteroatoms. The van der Waals surface area contributed by atoms with Crippen LogP contribution in [0.5, 0.6) is 23.3 Å². The fourth-order valence-electron chi connectivity index (χ4n) is 1.99. The zero-order chi connectivity index (χ0) is 14.1. The van der Waals surface area contributed by atoms with Gasteiger partial charge in [0.05, 0.1) is 6.61 Å². The van der Waals surface area contributed by atoms with Gasteiger partial charge in [-0.05, 0) is 6.42 Å². The van der Waals surface area contributed by atoms with Crippen LogP contribution in [0.25, 0.3) is 0 Å². The molecule has 0 fully saturated rings. The van der Waals surface area contributed by atoms with E-state index >= 15 is 0 Å². The highest BCUT2D eigenvalue weighted by Crippen LogP contribution is 2.42. The molecule has 1 rings (SSSR count). The highest BCUT2D eigenvalue weighted by Gasteiger charge is 2.17. The standard InChI is InChI=1S/C14H25NO4/c1-2-3-4-5-6-7-8-9-10-19-12-11(16)13(17)15-14(12)18/h15-18H,2-10H2,1H3. The molecule has 5 nitrogen and oxygen atoms in total. The third kappa shape index (κ3) is 5.32. The Kier molecular flexibility index (Phi) is 7.00. The summed E-state index contributed by atoms with van der Waals surface area (Å²) >= 11 is 0. The van der Waals surface area contributed by atoms with Gasteiger partial charge >= 0.3 is 0 Å². The number of ether oxygens (including phenoxy) is 1. The molecule has 0 radical (unpaired) electrons. The van der Waals surface area contributed by atoms with E-state index in [1.165, 1.54) is 38.5 Å². The number of aromatic amines is 1. The highest BCUT2D eigenvalue weighted by molar-refractivity contribution is 5.53. The van der Waals surface area contributed by atoms with E-state index in [9.17, 15) is 10.2 Å². The van der Waals surface area contributed by atoms with E-state index in [0.29, 0.717) is 6.61 Å². The second kappa shape index (κ2) is 8.56. The highest BCUT2D eigenvalue weighted by atomic mass is 16.5. The van der Waals surface area contributed by atoms with E-state index < -0.39 is 11.6 Å². The second-order valence-corrected chi connectivity index (χ2v) is 4.82. The Hall–Kier alpha value is -1.52. The molecule has 1 heterocycles. The summed E-state index contributed by atoms with van der Waals surface area (Å²) in [7, 11) is 0. The molecule has 0 atom stereocenters. The molecule has 1 aromatic heterocycles. The number of unbranched alkanes of at least 4 members (excludes halogenated alkanes) is 7. The van der Waals surface area contributed by atoms with Crippen LogP contribution in [-0.4, -0.2) is 26.9 Å². The molecule has 4 N–H and O–H groups in total. The lowest BCUT2D eigenvalue weighted by molar-refractivity contribution is 0.274. The number of rotatable bonds is 10. The van der Waals surface area contributed by atoms with Gasteiger partial charge in [0.2, 0.25) is 23.3 Å². The van der Waals surface area contributed by atoms with Gasteiger partial charge in [-0.1, -0.05) is 51.9 Å². The van der Waals surface area contributed by atoms with E-state index in [-0.39, 0.29) is 11.6 Å². The monoisotopic (exact) mass is 271 g/mol. The second-order valence-electron chi connectivity index (χ2n) is 4.82. The van der Waals surface area contributed by atoms with E-state index in [0.717, 1.165) is 12.8 Å². The van der Waals surface area contributed by atoms with E-state index in [1.807, 2.05) is 0 Å². The van der Waals surface area contributed by atoms with Crippen molar-refractivity contribution in [2.45, 2.75) is 58.3 Å². The van der Waals surface area contributed by atoms with Crippen LogP contribution in [0.4, 0.5) is 0 Å². The van der Waals surface area contributed by atoms with Crippen LogP contribution in [0.15, 0.2) is 0 Å². The first kappa shape index (κ1) is 15.5. The predicted molar refractivity (Wildman–Crippen MR) is 73.9 cm³/mol. The molecular formula is C14H25NO4. The van der Waals surface area contributed by atoms with Crippen LogP contribution in [0, 0.1) is 0 Å². The van der Waals surface area contributed by atoms with Crippen molar-refractivity contribution in [1.82, 2.24) is 4.98 Å². The summed E-state index contributed by atoms with van der Waals surface area (Å²) < 4.78 is 5.24. The van der Waals surface area contributed by atoms with Gasteiger partial charge in [-0.2, -0.15) is 0 Å². The van der Waals surface area contributed by atoms with Crippen LogP contribution in [0.1, 0.15) is 58.3 Å². The maximum absolute atomic E-state index is 9.38. The Morgan fingerprint density at radius 2 is 1.42 bits per heavy atom. The van der Waals surface area contributed by atoms with Crippen molar-refractivity contribution in [3.8, 4) is 23.3 Å². The van der Waals surface area contributed by atoms with Gasteiger partial charge < -0.3 is 20.1 Å². The van der Waals surface area contributed by atoms with Crippen molar-refractivity contribution in [1.29, 1.82) is 0 Å². The zero-order valence-electron chi connectivity index (χ0n) is 11.6. The first-order chi connectivity index (χ1) is 9.16. The lowest BCUT2D eigenvalue weighted by Crippen LogP contribution is -1.96. The minimum absolute atomic E-state index is 0.0690. The maximum Gasteiger partial charge on any atom is 0.239 e. The Balaban J connectivity index is 2.05. The van der Waals surface area contributed by atoms with Gasteiger partial charge in [0.25, 0.3) is 0 Å². The molecule has 0 amide bonds. The SMILES string of the molecule is CCCCCCCCCCOc1c(O)[nH]c(O)c1O. The van der Waals surface area contributed by atoms with Gasteiger partial charge in [-0.25, -0.2) is 0 Å². The first-order valence-electron chi connectivity index (χ1n) is 7.12. The minimum atomic E-state index is -0.469. The fourth-order valence-corrected chi connectivity index (χ4v) is 1.99. The third-order valence-corrected chi connectivity index (χ3v) is 3.14. The molecule has 19 heavy (non-hydrogen) atoms. The van der Waals surface area contributed by atoms with Crippen LogP contribution in [-0.2, 0) is 0 Å². The Labute approximate surface area is 114 Å². The van der Waals surface area contributed by atoms with Gasteiger partial charge in [0.1, 0.15) is 0 Å². The Bertz CT molecular complexity index is 363. The fraction of sp³-hybridized carbons (Fsp3) is 0.714. The van der Waals surface area contributed by atoms with Crippen LogP contribution in [0.2, 0.25) is 0 Å². The van der Waals surface area contributed by atoms with Crippen molar-refractivity contribution in [3.63, 3.8) is 0 Å². The van der Waals surface area contributed by atoms with E-state index in [4.69, 9.17) is 9.84 Å². The normalized spacial score (nSPS) is 10.8. The van der Waals surface area contributed by atoms with Gasteiger partial charge in [-0.15, -0.1) is 0 Å². The average molecular weight is 271 g/mol. The van der Waals surface area contributed by atoms with E-state index in [1.54, 1.807) is 0 Å². The summed E-state index contributed by atoms with van der Waals surface area (Å²) in [6.07, 6.45) is 9.58. The molecule has 110 valence electrons. The number of aromatic nitrogens is 1. The number of aromatic hydroxyl groups is 3. The van der Waals surface area contributed by atoms with Gasteiger partial charge in [-0.3, -0.25) is 4.98 Å². The summed E-state index contributed by atoms with van der Waals surface area (Å²) in [5.41, 5.74) is 0. The molecule has 0 aliphatic rings. The van der Waals surface area contributed by atoms with Crippen LogP contribution >= 0.6 is 0 Å². The molecule has 0 saturated carbocycles. The predicted octanol–water partition coefficient (Wildman–Crippen LogP) is 3.65. The van der Waals surface area contributed by atoms with Crippen molar-refractivity contribution in [3.05, 3.63) is 0 Å². The number of hydrogen-bond donors (Lipinski definition) is 4. The lowest BCUT2D eigenvalue weighted by atomic mass is 10.1. The molecule has 0 aliphatic carbocycles. The maximum atomic E-state index is 9.38. The molecule has 0 saturated heterocycles. The number of H-pyrrole nitrogens is 1. The molecule has 0 spiro atoms. The van der Waals surface area contributed by atoms with Crippen molar-refractivity contribution >= 4 is 0 Å². The Morgan fingerprint density at radius 3 is 1.95 bits per heavy atom. The summed E-state index contributed by atoms with van der Waals surface area (Å²) in [5.74, 6) is -1.31. The molecule has 0 bridgehead atoms. The summed E-state index contributed by atoms with van der Waals surface area (Å²) in [6.45, 7) is 2.63. The lowest BCUT2D eigenvalue weighted by Gasteiger charge is -2.05. The molecule has 0 aromatic carbocycles. The van der Waals surface area contributed by atoms with Crippen LogP contribution < -0.4 is 4.74 Å². The molecular weight excluding hydrogens is 246 g/mol. The van der Waals surface area contributed by atoms with E-state index in [2.05, 4.69) is 11.9 Å². The van der Waals surface area contributed by atoms with Crippen molar-refractivity contribution < 1.29 is 20.1 Å². The largest absolute Gasteiger partial charge is 0.500 e. The van der Waals surface area contributed by atoms with Gasteiger partial charge in [0, 0.05) is 0 Å². The van der Waals surface area contributed by atoms with Gasteiger partial charge in [0.15, 0.2) is 0 Å². The molecule has 0 aliphatic heterocycles. The van der Waals surface area contributed by atoms with Crippen molar-refractivity contribution in [2.24, 2.45) is 0 Å². The summed E-state index contributed by atoms with van der Waals surface area (Å²) in [5, 5.41) is 27.8. The summed E-state index contributed by atoms with van der Waals surface area (Å²) in [4.78, 5) is 2.19. The number of nitrogens with one attached hydrogen (secondary N) is 1.